The van der Waals surface area contributed by atoms with Gasteiger partial charge in [-0.25, -0.2) is 12.8 Å². The summed E-state index contributed by atoms with van der Waals surface area (Å²) in [6.07, 6.45) is 0.0121. The lowest BCUT2D eigenvalue weighted by atomic mass is 10.1. The molecule has 0 spiro atoms. The molecule has 8 nitrogen and oxygen atoms in total. The first-order valence-electron chi connectivity index (χ1n) is 13.5. The van der Waals surface area contributed by atoms with Crippen molar-refractivity contribution in [3.05, 3.63) is 119 Å². The molecule has 0 aromatic heterocycles. The maximum absolute atomic E-state index is 15.2. The number of rotatable bonds is 12. The fourth-order valence-corrected chi connectivity index (χ4v) is 5.87. The minimum absolute atomic E-state index is 0.0121. The molecule has 0 saturated carbocycles. The third-order valence-corrected chi connectivity index (χ3v) is 8.34. The first kappa shape index (κ1) is 31.5. The monoisotopic (exact) mass is 624 g/mol. The maximum atomic E-state index is 15.2. The zero-order valence-corrected chi connectivity index (χ0v) is 25.1. The van der Waals surface area contributed by atoms with Gasteiger partial charge in [-0.05, 0) is 91.7 Å². The number of esters is 1. The predicted octanol–water partition coefficient (Wildman–Crippen LogP) is 6.63. The highest BCUT2D eigenvalue weighted by atomic mass is 35.5. The molecule has 0 aliphatic heterocycles. The first-order valence-corrected chi connectivity index (χ1v) is 15.3. The highest BCUT2D eigenvalue weighted by Gasteiger charge is 2.29. The van der Waals surface area contributed by atoms with Gasteiger partial charge in [-0.15, -0.1) is 0 Å². The van der Waals surface area contributed by atoms with E-state index in [1.165, 1.54) is 18.2 Å². The summed E-state index contributed by atoms with van der Waals surface area (Å²) >= 11 is 6.02. The highest BCUT2D eigenvalue weighted by Crippen LogP contribution is 2.29. The van der Waals surface area contributed by atoms with Gasteiger partial charge in [0.1, 0.15) is 16.5 Å². The Labute approximate surface area is 255 Å². The van der Waals surface area contributed by atoms with Crippen molar-refractivity contribution >= 4 is 44.9 Å². The van der Waals surface area contributed by atoms with Crippen LogP contribution < -0.4 is 14.4 Å². The number of amides is 1. The molecule has 0 radical (unpaired) electrons. The van der Waals surface area contributed by atoms with Gasteiger partial charge in [0, 0.05) is 16.3 Å². The fourth-order valence-electron chi connectivity index (χ4n) is 4.19. The van der Waals surface area contributed by atoms with Crippen LogP contribution in [0.2, 0.25) is 5.02 Å². The van der Waals surface area contributed by atoms with E-state index in [-0.39, 0.29) is 30.8 Å². The Hall–Kier alpha value is -4.41. The fraction of sp³-hybridized carbons (Fsp3) is 0.188. The Kier molecular flexibility index (Phi) is 10.4. The minimum Gasteiger partial charge on any atom is -0.494 e. The summed E-state index contributed by atoms with van der Waals surface area (Å²) in [5.41, 5.74) is 1.84. The van der Waals surface area contributed by atoms with E-state index in [0.29, 0.717) is 34.2 Å². The van der Waals surface area contributed by atoms with Crippen molar-refractivity contribution < 1.29 is 31.9 Å². The van der Waals surface area contributed by atoms with Crippen LogP contribution in [0.5, 0.6) is 5.75 Å². The molecule has 43 heavy (non-hydrogen) atoms. The van der Waals surface area contributed by atoms with E-state index >= 15 is 4.39 Å². The third-order valence-electron chi connectivity index (χ3n) is 6.30. The molecule has 11 heteroatoms. The summed E-state index contributed by atoms with van der Waals surface area (Å²) < 4.78 is 54.7. The van der Waals surface area contributed by atoms with Crippen molar-refractivity contribution in [2.24, 2.45) is 0 Å². The van der Waals surface area contributed by atoms with E-state index in [1.807, 2.05) is 6.92 Å². The highest BCUT2D eigenvalue weighted by molar-refractivity contribution is 7.92. The molecule has 0 heterocycles. The molecule has 0 aliphatic rings. The van der Waals surface area contributed by atoms with Gasteiger partial charge >= 0.3 is 5.97 Å². The Balaban J connectivity index is 1.67. The zero-order chi connectivity index (χ0) is 31.0. The Morgan fingerprint density at radius 2 is 1.51 bits per heavy atom. The van der Waals surface area contributed by atoms with E-state index in [0.717, 1.165) is 16.4 Å². The van der Waals surface area contributed by atoms with Crippen molar-refractivity contribution in [3.8, 4) is 5.75 Å². The predicted molar refractivity (Wildman–Crippen MR) is 164 cm³/mol. The Bertz CT molecular complexity index is 1680. The van der Waals surface area contributed by atoms with Gasteiger partial charge in [0.25, 0.3) is 15.9 Å². The second kappa shape index (κ2) is 14.2. The zero-order valence-electron chi connectivity index (χ0n) is 23.5. The van der Waals surface area contributed by atoms with Crippen LogP contribution in [-0.2, 0) is 32.5 Å². The number of hydrogen-bond donors (Lipinski definition) is 1. The summed E-state index contributed by atoms with van der Waals surface area (Å²) in [6, 6.07) is 22.7. The molecule has 1 amide bonds. The van der Waals surface area contributed by atoms with Crippen LogP contribution in [0, 0.1) is 5.82 Å². The van der Waals surface area contributed by atoms with Gasteiger partial charge in [0.2, 0.25) is 0 Å². The third kappa shape index (κ3) is 8.12. The second-order valence-corrected chi connectivity index (χ2v) is 11.6. The van der Waals surface area contributed by atoms with Gasteiger partial charge in [-0.1, -0.05) is 35.9 Å². The molecule has 0 bridgehead atoms. The Morgan fingerprint density at radius 3 is 2.14 bits per heavy atom. The topological polar surface area (TPSA) is 102 Å². The van der Waals surface area contributed by atoms with E-state index in [4.69, 9.17) is 21.1 Å². The second-order valence-electron chi connectivity index (χ2n) is 9.34. The lowest BCUT2D eigenvalue weighted by molar-refractivity contribution is -0.142. The lowest BCUT2D eigenvalue weighted by Gasteiger charge is -2.25. The molecule has 0 aliphatic carbocycles. The van der Waals surface area contributed by atoms with E-state index in [1.54, 1.807) is 67.6 Å². The van der Waals surface area contributed by atoms with E-state index in [2.05, 4.69) is 5.32 Å². The van der Waals surface area contributed by atoms with Gasteiger partial charge < -0.3 is 14.8 Å². The quantitative estimate of drug-likeness (QED) is 0.178. The van der Waals surface area contributed by atoms with Crippen LogP contribution in [0.15, 0.2) is 95.9 Å². The van der Waals surface area contributed by atoms with Crippen molar-refractivity contribution in [2.45, 2.75) is 31.7 Å². The number of benzene rings is 4. The SMILES string of the molecule is CCOC(=O)Cc1ccc(N(Cc2ccc(Cl)cc2)S(=O)(=O)c2cc(C(=O)Nc3ccc(OCC)cc3)ccc2F)cc1. The average Bonchev–Trinajstić information content (AvgIpc) is 2.98. The summed E-state index contributed by atoms with van der Waals surface area (Å²) in [6.45, 7) is 4.14. The molecular weight excluding hydrogens is 595 g/mol. The molecular formula is C32H30ClFN2O6S. The van der Waals surface area contributed by atoms with Crippen LogP contribution in [0.25, 0.3) is 0 Å². The molecule has 0 saturated heterocycles. The van der Waals surface area contributed by atoms with Gasteiger partial charge in [-0.2, -0.15) is 0 Å². The molecule has 4 aromatic carbocycles. The van der Waals surface area contributed by atoms with Crippen LogP contribution in [0.4, 0.5) is 15.8 Å². The number of halogens is 2. The number of carbonyl (C=O) groups excluding carboxylic acids is 2. The first-order chi connectivity index (χ1) is 20.6. The molecule has 224 valence electrons. The number of hydrogen-bond acceptors (Lipinski definition) is 6. The summed E-state index contributed by atoms with van der Waals surface area (Å²) in [7, 11) is -4.54. The molecule has 0 atom stereocenters. The van der Waals surface area contributed by atoms with Gasteiger partial charge in [0.15, 0.2) is 0 Å². The lowest BCUT2D eigenvalue weighted by Crippen LogP contribution is -2.31. The van der Waals surface area contributed by atoms with Crippen LogP contribution in [0.3, 0.4) is 0 Å². The van der Waals surface area contributed by atoms with Crippen LogP contribution in [0.1, 0.15) is 35.3 Å². The van der Waals surface area contributed by atoms with Crippen molar-refractivity contribution in [1.29, 1.82) is 0 Å². The molecule has 4 aromatic rings. The number of nitrogens with zero attached hydrogens (tertiary/aromatic N) is 1. The summed E-state index contributed by atoms with van der Waals surface area (Å²) in [5.74, 6) is -1.42. The Morgan fingerprint density at radius 1 is 0.860 bits per heavy atom. The number of carbonyl (C=O) groups is 2. The van der Waals surface area contributed by atoms with Crippen molar-refractivity contribution in [1.82, 2.24) is 0 Å². The van der Waals surface area contributed by atoms with Gasteiger partial charge in [0.05, 0.1) is 31.9 Å². The number of anilines is 2. The largest absolute Gasteiger partial charge is 0.494 e. The van der Waals surface area contributed by atoms with E-state index in [9.17, 15) is 18.0 Å². The van der Waals surface area contributed by atoms with Crippen molar-refractivity contribution in [3.63, 3.8) is 0 Å². The number of nitrogens with one attached hydrogen (secondary N) is 1. The molecule has 4 rings (SSSR count). The summed E-state index contributed by atoms with van der Waals surface area (Å²) in [4.78, 5) is 24.3. The molecule has 0 unspecified atom stereocenters. The van der Waals surface area contributed by atoms with Crippen LogP contribution in [-0.4, -0.2) is 33.5 Å². The molecule has 0 fully saturated rings. The van der Waals surface area contributed by atoms with E-state index < -0.39 is 32.6 Å². The summed E-state index contributed by atoms with van der Waals surface area (Å²) in [5, 5.41) is 3.16. The average molecular weight is 625 g/mol. The number of ether oxygens (including phenoxy) is 2. The molecule has 1 N–H and O–H groups in total. The smallest absolute Gasteiger partial charge is 0.310 e. The standard InChI is InChI=1S/C32H30ClFN2O6S/c1-3-41-28-16-12-26(13-17-28)35-32(38)24-9-18-29(34)30(20-24)43(39,40)36(21-23-5-10-25(33)11-6-23)27-14-7-22(8-15-27)19-31(37)42-4-2/h5-18,20H,3-4,19,21H2,1-2H3,(H,35,38). The number of sulfonamides is 1. The normalized spacial score (nSPS) is 11.1. The van der Waals surface area contributed by atoms with Gasteiger partial charge in [-0.3, -0.25) is 13.9 Å². The van der Waals surface area contributed by atoms with Crippen molar-refractivity contribution in [2.75, 3.05) is 22.8 Å². The maximum Gasteiger partial charge on any atom is 0.310 e. The van der Waals surface area contributed by atoms with Crippen LogP contribution >= 0.6 is 11.6 Å². The minimum atomic E-state index is -4.54.